The van der Waals surface area contributed by atoms with Crippen LogP contribution < -0.4 is 0 Å². The highest BCUT2D eigenvalue weighted by atomic mass is 32.3. The van der Waals surface area contributed by atoms with Crippen molar-refractivity contribution < 1.29 is 26.7 Å². The van der Waals surface area contributed by atoms with Crippen LogP contribution >= 0.6 is 0 Å². The third-order valence-corrected chi connectivity index (χ3v) is 6.89. The van der Waals surface area contributed by atoms with Gasteiger partial charge in [0.1, 0.15) is 6.04 Å². The van der Waals surface area contributed by atoms with Gasteiger partial charge >= 0.3 is 5.97 Å². The number of rotatable bonds is 4. The molecule has 2 unspecified atom stereocenters. The summed E-state index contributed by atoms with van der Waals surface area (Å²) >= 11 is 0. The number of carboxylic acids is 1. The highest BCUT2D eigenvalue weighted by Crippen LogP contribution is 2.26. The Morgan fingerprint density at radius 2 is 1.89 bits per heavy atom. The van der Waals surface area contributed by atoms with Gasteiger partial charge in [-0.15, -0.1) is 0 Å². The molecule has 0 aromatic heterocycles. The fraction of sp³-hybridized carbons (Fsp3) is 0.889. The zero-order valence-corrected chi connectivity index (χ0v) is 11.9. The molecule has 0 aromatic carbocycles. The maximum atomic E-state index is 11.9. The van der Waals surface area contributed by atoms with E-state index in [1.165, 1.54) is 0 Å². The van der Waals surface area contributed by atoms with E-state index in [4.69, 9.17) is 5.11 Å². The van der Waals surface area contributed by atoms with E-state index in [-0.39, 0.29) is 12.5 Å². The molecule has 9 heteroatoms. The molecule has 0 spiro atoms. The first-order chi connectivity index (χ1) is 8.04. The predicted molar refractivity (Wildman–Crippen MR) is 65.2 cm³/mol. The number of piperidine rings is 1. The molecule has 2 atom stereocenters. The average molecular weight is 299 g/mol. The molecule has 0 aromatic rings. The first kappa shape index (κ1) is 15.4. The summed E-state index contributed by atoms with van der Waals surface area (Å²) in [6.45, 7) is 1.71. The van der Waals surface area contributed by atoms with Crippen LogP contribution in [-0.4, -0.2) is 56.1 Å². The second-order valence-electron chi connectivity index (χ2n) is 4.67. The van der Waals surface area contributed by atoms with E-state index in [9.17, 15) is 21.6 Å². The zero-order valence-electron chi connectivity index (χ0n) is 10.2. The smallest absolute Gasteiger partial charge is 0.322 e. The van der Waals surface area contributed by atoms with E-state index >= 15 is 0 Å². The van der Waals surface area contributed by atoms with Crippen LogP contribution in [0.5, 0.6) is 0 Å². The van der Waals surface area contributed by atoms with Crippen molar-refractivity contribution in [3.8, 4) is 0 Å². The van der Waals surface area contributed by atoms with Gasteiger partial charge in [0.25, 0.3) is 0 Å². The van der Waals surface area contributed by atoms with E-state index in [1.54, 1.807) is 6.92 Å². The number of carboxylic acid groups (broad SMARTS) is 1. The third-order valence-electron chi connectivity index (χ3n) is 2.86. The van der Waals surface area contributed by atoms with Gasteiger partial charge in [0, 0.05) is 12.8 Å². The Balaban J connectivity index is 3.08. The van der Waals surface area contributed by atoms with E-state index in [0.29, 0.717) is 12.8 Å². The Labute approximate surface area is 107 Å². The molecule has 1 fully saturated rings. The normalized spacial score (nSPS) is 27.0. The Bertz CT molecular complexity index is 523. The molecular formula is C9H17NO6S2. The maximum absolute atomic E-state index is 11.9. The predicted octanol–water partition coefficient (Wildman–Crippen LogP) is -0.497. The van der Waals surface area contributed by atoms with Crippen LogP contribution in [0.1, 0.15) is 19.8 Å². The highest BCUT2D eigenvalue weighted by Gasteiger charge is 2.41. The quantitative estimate of drug-likeness (QED) is 0.750. The van der Waals surface area contributed by atoms with Crippen LogP contribution in [0, 0.1) is 5.92 Å². The number of sulfone groups is 1. The van der Waals surface area contributed by atoms with Crippen LogP contribution in [0.4, 0.5) is 0 Å². The molecule has 0 bridgehead atoms. The molecule has 1 N–H and O–H groups in total. The van der Waals surface area contributed by atoms with Crippen molar-refractivity contribution in [1.82, 2.24) is 4.31 Å². The second-order valence-corrected chi connectivity index (χ2v) is 9.10. The van der Waals surface area contributed by atoms with E-state index in [2.05, 4.69) is 0 Å². The number of hydrogen-bond acceptors (Lipinski definition) is 5. The van der Waals surface area contributed by atoms with E-state index in [1.807, 2.05) is 0 Å². The topological polar surface area (TPSA) is 109 Å². The number of sulfonamides is 1. The van der Waals surface area contributed by atoms with Crippen molar-refractivity contribution >= 4 is 25.8 Å². The van der Waals surface area contributed by atoms with Crippen molar-refractivity contribution in [2.75, 3.05) is 17.9 Å². The molecule has 7 nitrogen and oxygen atoms in total. The number of nitrogens with zero attached hydrogens (tertiary/aromatic N) is 1. The number of aliphatic carboxylic acids is 1. The van der Waals surface area contributed by atoms with Gasteiger partial charge < -0.3 is 5.11 Å². The molecule has 1 saturated heterocycles. The van der Waals surface area contributed by atoms with Gasteiger partial charge in [-0.05, 0) is 18.8 Å². The van der Waals surface area contributed by atoms with Crippen molar-refractivity contribution in [1.29, 1.82) is 0 Å². The molecule has 0 saturated carbocycles. The Morgan fingerprint density at radius 1 is 1.33 bits per heavy atom. The minimum absolute atomic E-state index is 0.0547. The molecule has 1 heterocycles. The molecule has 0 amide bonds. The summed E-state index contributed by atoms with van der Waals surface area (Å²) in [4.78, 5) is 11.1. The van der Waals surface area contributed by atoms with Crippen LogP contribution in [-0.2, 0) is 24.7 Å². The van der Waals surface area contributed by atoms with Crippen LogP contribution in [0.2, 0.25) is 0 Å². The largest absolute Gasteiger partial charge is 0.480 e. The lowest BCUT2D eigenvalue weighted by molar-refractivity contribution is -0.144. The summed E-state index contributed by atoms with van der Waals surface area (Å²) in [6, 6.07) is -1.18. The van der Waals surface area contributed by atoms with Gasteiger partial charge in [0.2, 0.25) is 10.0 Å². The summed E-state index contributed by atoms with van der Waals surface area (Å²) in [5, 5.41) is 8.04. The number of carbonyl (C=O) groups is 1. The van der Waals surface area contributed by atoms with Crippen molar-refractivity contribution in [2.24, 2.45) is 5.92 Å². The monoisotopic (exact) mass is 299 g/mol. The molecule has 18 heavy (non-hydrogen) atoms. The first-order valence-electron chi connectivity index (χ1n) is 5.44. The highest BCUT2D eigenvalue weighted by molar-refractivity contribution is 8.06. The summed E-state index contributed by atoms with van der Waals surface area (Å²) in [6.07, 6.45) is 1.96. The van der Waals surface area contributed by atoms with Crippen LogP contribution in [0.15, 0.2) is 0 Å². The van der Waals surface area contributed by atoms with Crippen molar-refractivity contribution in [2.45, 2.75) is 25.8 Å². The van der Waals surface area contributed by atoms with Gasteiger partial charge in [-0.1, -0.05) is 6.92 Å². The first-order valence-corrected chi connectivity index (χ1v) is 9.11. The molecule has 0 aliphatic carbocycles. The standard InChI is InChI=1S/C9H17NO6S2/c1-7-4-3-5-10(8(7)9(11)12)18(15,16)6-17(2,13)14/h7-8H,3-6H2,1-2H3,(H,11,12). The molecule has 106 valence electrons. The minimum atomic E-state index is -4.10. The summed E-state index contributed by atoms with van der Waals surface area (Å²) in [7, 11) is -7.82. The van der Waals surface area contributed by atoms with Crippen molar-refractivity contribution in [3.05, 3.63) is 0 Å². The molecular weight excluding hydrogens is 282 g/mol. The van der Waals surface area contributed by atoms with Gasteiger partial charge in [-0.25, -0.2) is 16.8 Å². The fourth-order valence-corrected chi connectivity index (χ4v) is 5.92. The summed E-state index contributed by atoms with van der Waals surface area (Å²) in [5.41, 5.74) is 0. The molecule has 1 rings (SSSR count). The Kier molecular flexibility index (Phi) is 4.39. The average Bonchev–Trinajstić information content (AvgIpc) is 2.12. The lowest BCUT2D eigenvalue weighted by Crippen LogP contribution is -2.52. The molecule has 1 aliphatic rings. The third kappa shape index (κ3) is 3.66. The van der Waals surface area contributed by atoms with Gasteiger partial charge in [-0.2, -0.15) is 4.31 Å². The lowest BCUT2D eigenvalue weighted by Gasteiger charge is -2.35. The second kappa shape index (κ2) is 5.14. The summed E-state index contributed by atoms with van der Waals surface area (Å²) in [5.74, 6) is -1.56. The SMILES string of the molecule is CC1CCCN(S(=O)(=O)CS(C)(=O)=O)C1C(=O)O. The molecule has 1 aliphatic heterocycles. The lowest BCUT2D eigenvalue weighted by atomic mass is 9.93. The Hall–Kier alpha value is -0.670. The summed E-state index contributed by atoms with van der Waals surface area (Å²) < 4.78 is 46.9. The van der Waals surface area contributed by atoms with Gasteiger partial charge in [0.05, 0.1) is 0 Å². The van der Waals surface area contributed by atoms with Gasteiger partial charge in [0.15, 0.2) is 14.9 Å². The zero-order chi connectivity index (χ0) is 14.1. The van der Waals surface area contributed by atoms with Gasteiger partial charge in [-0.3, -0.25) is 4.79 Å². The van der Waals surface area contributed by atoms with E-state index < -0.39 is 37.0 Å². The van der Waals surface area contributed by atoms with Crippen LogP contribution in [0.25, 0.3) is 0 Å². The Morgan fingerprint density at radius 3 is 2.33 bits per heavy atom. The molecule has 0 radical (unpaired) electrons. The fourth-order valence-electron chi connectivity index (χ4n) is 2.17. The van der Waals surface area contributed by atoms with Crippen molar-refractivity contribution in [3.63, 3.8) is 0 Å². The van der Waals surface area contributed by atoms with Crippen LogP contribution in [0.3, 0.4) is 0 Å². The number of hydrogen-bond donors (Lipinski definition) is 1. The maximum Gasteiger partial charge on any atom is 0.322 e. The minimum Gasteiger partial charge on any atom is -0.480 e. The van der Waals surface area contributed by atoms with E-state index in [0.717, 1.165) is 10.6 Å².